The van der Waals surface area contributed by atoms with Crippen molar-refractivity contribution in [3.63, 3.8) is 0 Å². The largest absolute Gasteiger partial charge is 0.484 e. The molecule has 1 N–H and O–H groups in total. The van der Waals surface area contributed by atoms with Crippen LogP contribution in [0.15, 0.2) is 48.5 Å². The number of hydrogen-bond donors (Lipinski definition) is 1. The molecule has 32 heavy (non-hydrogen) atoms. The number of carbonyl (C=O) groups is 2. The van der Waals surface area contributed by atoms with Crippen LogP contribution in [0.3, 0.4) is 0 Å². The average Bonchev–Trinajstić information content (AvgIpc) is 2.69. The van der Waals surface area contributed by atoms with E-state index in [0.29, 0.717) is 10.8 Å². The molecule has 0 saturated heterocycles. The Labute approximate surface area is 197 Å². The van der Waals surface area contributed by atoms with Crippen LogP contribution < -0.4 is 10.1 Å². The highest BCUT2D eigenvalue weighted by atomic mass is 35.5. The summed E-state index contributed by atoms with van der Waals surface area (Å²) in [5.74, 6) is 0.135. The van der Waals surface area contributed by atoms with Crippen molar-refractivity contribution < 1.29 is 14.3 Å². The molecule has 0 saturated carbocycles. The van der Waals surface area contributed by atoms with E-state index in [2.05, 4.69) is 26.1 Å². The zero-order chi connectivity index (χ0) is 24.1. The van der Waals surface area contributed by atoms with Crippen molar-refractivity contribution in [2.24, 2.45) is 0 Å². The normalized spacial score (nSPS) is 12.8. The fourth-order valence-electron chi connectivity index (χ4n) is 3.12. The monoisotopic (exact) mass is 458 g/mol. The van der Waals surface area contributed by atoms with Gasteiger partial charge in [0, 0.05) is 17.1 Å². The minimum atomic E-state index is -0.663. The van der Waals surface area contributed by atoms with E-state index in [1.54, 1.807) is 19.1 Å². The fourth-order valence-corrected chi connectivity index (χ4v) is 3.25. The number of ether oxygens (including phenoxy) is 1. The van der Waals surface area contributed by atoms with Gasteiger partial charge in [0.1, 0.15) is 11.8 Å². The Hall–Kier alpha value is -2.53. The van der Waals surface area contributed by atoms with Crippen LogP contribution in [0, 0.1) is 0 Å². The first-order chi connectivity index (χ1) is 14.8. The van der Waals surface area contributed by atoms with Crippen LogP contribution in [-0.2, 0) is 21.5 Å². The van der Waals surface area contributed by atoms with Crippen molar-refractivity contribution in [3.8, 4) is 5.75 Å². The predicted octanol–water partition coefficient (Wildman–Crippen LogP) is 5.35. The van der Waals surface area contributed by atoms with Crippen LogP contribution in [0.2, 0.25) is 5.02 Å². The highest BCUT2D eigenvalue weighted by Crippen LogP contribution is 2.24. The smallest absolute Gasteiger partial charge is 0.261 e. The lowest BCUT2D eigenvalue weighted by atomic mass is 9.87. The summed E-state index contributed by atoms with van der Waals surface area (Å²) in [6.07, 6.45) is 0. The maximum atomic E-state index is 13.1. The van der Waals surface area contributed by atoms with E-state index in [1.165, 1.54) is 10.5 Å². The molecule has 0 aliphatic rings. The van der Waals surface area contributed by atoms with Crippen LogP contribution in [0.1, 0.15) is 59.6 Å². The molecule has 0 heterocycles. The van der Waals surface area contributed by atoms with Gasteiger partial charge in [-0.2, -0.15) is 0 Å². The number of nitrogens with zero attached hydrogens (tertiary/aromatic N) is 1. The van der Waals surface area contributed by atoms with E-state index in [4.69, 9.17) is 16.3 Å². The molecule has 2 rings (SSSR count). The molecule has 0 fully saturated rings. The van der Waals surface area contributed by atoms with Gasteiger partial charge in [0.15, 0.2) is 6.61 Å². The van der Waals surface area contributed by atoms with Crippen LogP contribution >= 0.6 is 11.6 Å². The first-order valence-corrected chi connectivity index (χ1v) is 11.2. The SMILES string of the molecule is C[C@@H](C(=O)NC(C)(C)C)N(Cc1ccc(Cl)cc1)C(=O)COc1ccc(C(C)(C)C)cc1. The summed E-state index contributed by atoms with van der Waals surface area (Å²) in [5.41, 5.74) is 1.71. The van der Waals surface area contributed by atoms with Crippen molar-refractivity contribution in [1.82, 2.24) is 10.2 Å². The number of halogens is 1. The van der Waals surface area contributed by atoms with E-state index in [-0.39, 0.29) is 30.4 Å². The van der Waals surface area contributed by atoms with E-state index in [1.807, 2.05) is 57.2 Å². The van der Waals surface area contributed by atoms with Gasteiger partial charge in [0.2, 0.25) is 5.91 Å². The van der Waals surface area contributed by atoms with E-state index in [0.717, 1.165) is 5.56 Å². The molecule has 0 aliphatic heterocycles. The lowest BCUT2D eigenvalue weighted by molar-refractivity contribution is -0.142. The van der Waals surface area contributed by atoms with Gasteiger partial charge in [-0.3, -0.25) is 9.59 Å². The molecule has 6 heteroatoms. The summed E-state index contributed by atoms with van der Waals surface area (Å²) < 4.78 is 5.76. The number of amides is 2. The van der Waals surface area contributed by atoms with Crippen LogP contribution in [-0.4, -0.2) is 34.9 Å². The van der Waals surface area contributed by atoms with Gasteiger partial charge >= 0.3 is 0 Å². The molecule has 2 aromatic rings. The second-order valence-electron chi connectivity index (χ2n) is 10.1. The molecule has 0 bridgehead atoms. The van der Waals surface area contributed by atoms with Crippen molar-refractivity contribution in [2.45, 2.75) is 72.0 Å². The fraction of sp³-hybridized carbons (Fsp3) is 0.462. The average molecular weight is 459 g/mol. The Bertz CT molecular complexity index is 910. The maximum Gasteiger partial charge on any atom is 0.261 e. The van der Waals surface area contributed by atoms with Gasteiger partial charge in [0.05, 0.1) is 0 Å². The van der Waals surface area contributed by atoms with Gasteiger partial charge < -0.3 is 15.0 Å². The molecule has 0 aliphatic carbocycles. The summed E-state index contributed by atoms with van der Waals surface area (Å²) in [7, 11) is 0. The van der Waals surface area contributed by atoms with Crippen molar-refractivity contribution in [3.05, 3.63) is 64.7 Å². The van der Waals surface area contributed by atoms with Crippen LogP contribution in [0.5, 0.6) is 5.75 Å². The molecule has 2 aromatic carbocycles. The molecule has 0 spiro atoms. The topological polar surface area (TPSA) is 58.6 Å². The summed E-state index contributed by atoms with van der Waals surface area (Å²) in [4.78, 5) is 27.4. The molecule has 174 valence electrons. The molecule has 1 atom stereocenters. The minimum Gasteiger partial charge on any atom is -0.484 e. The highest BCUT2D eigenvalue weighted by molar-refractivity contribution is 6.30. The van der Waals surface area contributed by atoms with E-state index >= 15 is 0 Å². The van der Waals surface area contributed by atoms with E-state index < -0.39 is 11.6 Å². The molecule has 0 radical (unpaired) electrons. The van der Waals surface area contributed by atoms with Gasteiger partial charge in [-0.25, -0.2) is 0 Å². The molecule has 5 nitrogen and oxygen atoms in total. The lowest BCUT2D eigenvalue weighted by Gasteiger charge is -2.31. The Balaban J connectivity index is 2.15. The molecule has 0 unspecified atom stereocenters. The maximum absolute atomic E-state index is 13.1. The minimum absolute atomic E-state index is 0.0412. The summed E-state index contributed by atoms with van der Waals surface area (Å²) in [6.45, 7) is 14.0. The van der Waals surface area contributed by atoms with Crippen molar-refractivity contribution >= 4 is 23.4 Å². The third-order valence-corrected chi connectivity index (χ3v) is 5.27. The van der Waals surface area contributed by atoms with Gasteiger partial charge in [-0.1, -0.05) is 56.6 Å². The van der Waals surface area contributed by atoms with Crippen LogP contribution in [0.4, 0.5) is 0 Å². The summed E-state index contributed by atoms with van der Waals surface area (Å²) >= 11 is 5.99. The number of benzene rings is 2. The Morgan fingerprint density at radius 2 is 1.53 bits per heavy atom. The highest BCUT2D eigenvalue weighted by Gasteiger charge is 2.28. The van der Waals surface area contributed by atoms with Gasteiger partial charge in [-0.05, 0) is 68.5 Å². The van der Waals surface area contributed by atoms with Crippen LogP contribution in [0.25, 0.3) is 0 Å². The predicted molar refractivity (Wildman–Crippen MR) is 130 cm³/mol. The number of carbonyl (C=O) groups excluding carboxylic acids is 2. The Morgan fingerprint density at radius 1 is 0.969 bits per heavy atom. The lowest BCUT2D eigenvalue weighted by Crippen LogP contribution is -2.53. The molecule has 0 aromatic heterocycles. The van der Waals surface area contributed by atoms with Gasteiger partial charge in [0.25, 0.3) is 5.91 Å². The zero-order valence-corrected chi connectivity index (χ0v) is 20.9. The van der Waals surface area contributed by atoms with Gasteiger partial charge in [-0.15, -0.1) is 0 Å². The molecular weight excluding hydrogens is 424 g/mol. The number of nitrogens with one attached hydrogen (secondary N) is 1. The molecule has 2 amide bonds. The van der Waals surface area contributed by atoms with Crippen molar-refractivity contribution in [2.75, 3.05) is 6.61 Å². The second-order valence-corrected chi connectivity index (χ2v) is 10.6. The van der Waals surface area contributed by atoms with Crippen molar-refractivity contribution in [1.29, 1.82) is 0 Å². The Morgan fingerprint density at radius 3 is 2.03 bits per heavy atom. The Kier molecular flexibility index (Phi) is 8.35. The first kappa shape index (κ1) is 25.7. The standard InChI is InChI=1S/C26H35ClN2O3/c1-18(24(31)28-26(5,6)7)29(16-19-8-12-21(27)13-9-19)23(30)17-32-22-14-10-20(11-15-22)25(2,3)4/h8-15,18H,16-17H2,1-7H3,(H,28,31)/t18-/m0/s1. The third-order valence-electron chi connectivity index (χ3n) is 5.01. The molecular formula is C26H35ClN2O3. The number of hydrogen-bond acceptors (Lipinski definition) is 3. The zero-order valence-electron chi connectivity index (χ0n) is 20.2. The second kappa shape index (κ2) is 10.4. The summed E-state index contributed by atoms with van der Waals surface area (Å²) in [6, 6.07) is 14.3. The first-order valence-electron chi connectivity index (χ1n) is 10.9. The van der Waals surface area contributed by atoms with E-state index in [9.17, 15) is 9.59 Å². The third kappa shape index (κ3) is 7.86. The number of rotatable bonds is 7. The quantitative estimate of drug-likeness (QED) is 0.608. The summed E-state index contributed by atoms with van der Waals surface area (Å²) in [5, 5.41) is 3.57.